The number of carbonyl (C=O) groups is 1. The summed E-state index contributed by atoms with van der Waals surface area (Å²) >= 11 is 9.02. The van der Waals surface area contributed by atoms with Gasteiger partial charge in [0.15, 0.2) is 0 Å². The molecule has 16 heavy (non-hydrogen) atoms. The van der Waals surface area contributed by atoms with Crippen molar-refractivity contribution in [3.63, 3.8) is 0 Å². The van der Waals surface area contributed by atoms with Crippen LogP contribution in [0.4, 0.5) is 0 Å². The van der Waals surface area contributed by atoms with E-state index in [1.54, 1.807) is 11.3 Å². The number of esters is 1. The Labute approximate surface area is 106 Å². The van der Waals surface area contributed by atoms with E-state index in [4.69, 9.17) is 11.6 Å². The second kappa shape index (κ2) is 4.99. The highest BCUT2D eigenvalue weighted by atomic mass is 35.5. The van der Waals surface area contributed by atoms with Crippen molar-refractivity contribution in [2.45, 2.75) is 6.42 Å². The number of rotatable bonds is 3. The molecule has 0 aromatic carbocycles. The summed E-state index contributed by atoms with van der Waals surface area (Å²) in [7, 11) is 1.40. The van der Waals surface area contributed by atoms with Crippen LogP contribution in [0.1, 0.15) is 5.56 Å². The molecule has 2 rings (SSSR count). The lowest BCUT2D eigenvalue weighted by Gasteiger charge is -2.00. The maximum Gasteiger partial charge on any atom is 0.310 e. The van der Waals surface area contributed by atoms with Gasteiger partial charge in [-0.2, -0.15) is 0 Å². The molecule has 0 saturated heterocycles. The molecule has 0 atom stereocenters. The van der Waals surface area contributed by atoms with Crippen molar-refractivity contribution in [3.05, 3.63) is 33.5 Å². The van der Waals surface area contributed by atoms with Crippen molar-refractivity contribution in [2.75, 3.05) is 7.11 Å². The van der Waals surface area contributed by atoms with Gasteiger partial charge in [0.05, 0.1) is 17.9 Å². The van der Waals surface area contributed by atoms with E-state index in [1.807, 2.05) is 23.6 Å². The number of halogens is 1. The van der Waals surface area contributed by atoms with Crippen LogP contribution in [-0.2, 0) is 16.0 Å². The Morgan fingerprint density at radius 2 is 2.25 bits per heavy atom. The van der Waals surface area contributed by atoms with Crippen LogP contribution >= 0.6 is 34.3 Å². The summed E-state index contributed by atoms with van der Waals surface area (Å²) in [4.78, 5) is 13.4. The minimum atomic E-state index is -0.220. The highest BCUT2D eigenvalue weighted by molar-refractivity contribution is 7.23. The zero-order valence-corrected chi connectivity index (χ0v) is 10.9. The molecule has 0 fully saturated rings. The van der Waals surface area contributed by atoms with Crippen molar-refractivity contribution in [1.82, 2.24) is 0 Å². The van der Waals surface area contributed by atoms with E-state index >= 15 is 0 Å². The molecule has 0 spiro atoms. The molecule has 0 amide bonds. The van der Waals surface area contributed by atoms with Crippen LogP contribution in [0.5, 0.6) is 0 Å². The molecular weight excluding hydrogens is 264 g/mol. The van der Waals surface area contributed by atoms with E-state index in [0.29, 0.717) is 6.42 Å². The van der Waals surface area contributed by atoms with Gasteiger partial charge in [0, 0.05) is 9.75 Å². The van der Waals surface area contributed by atoms with Gasteiger partial charge in [-0.25, -0.2) is 0 Å². The van der Waals surface area contributed by atoms with Crippen molar-refractivity contribution in [1.29, 1.82) is 0 Å². The van der Waals surface area contributed by atoms with Gasteiger partial charge in [-0.15, -0.1) is 22.7 Å². The molecule has 84 valence electrons. The molecule has 0 radical (unpaired) electrons. The van der Waals surface area contributed by atoms with Crippen LogP contribution in [0.3, 0.4) is 0 Å². The summed E-state index contributed by atoms with van der Waals surface area (Å²) in [5, 5.41) is 1.97. The Hall–Kier alpha value is -0.840. The van der Waals surface area contributed by atoms with Crippen LogP contribution in [0.15, 0.2) is 23.6 Å². The minimum absolute atomic E-state index is 0.220. The van der Waals surface area contributed by atoms with E-state index < -0.39 is 0 Å². The van der Waals surface area contributed by atoms with Gasteiger partial charge >= 0.3 is 5.97 Å². The highest BCUT2D eigenvalue weighted by Crippen LogP contribution is 2.36. The lowest BCUT2D eigenvalue weighted by atomic mass is 10.2. The standard InChI is InChI=1S/C11H9ClO2S2/c1-14-10(13)6-7-4-5-15-11(7)8-2-3-9(12)16-8/h2-5H,6H2,1H3. The predicted octanol–water partition coefficient (Wildman–Crippen LogP) is 3.85. The summed E-state index contributed by atoms with van der Waals surface area (Å²) in [6.45, 7) is 0. The van der Waals surface area contributed by atoms with Crippen LogP contribution in [-0.4, -0.2) is 13.1 Å². The fourth-order valence-corrected chi connectivity index (χ4v) is 3.49. The highest BCUT2D eigenvalue weighted by Gasteiger charge is 2.12. The number of hydrogen-bond donors (Lipinski definition) is 0. The second-order valence-electron chi connectivity index (χ2n) is 3.13. The van der Waals surface area contributed by atoms with Crippen molar-refractivity contribution >= 4 is 40.2 Å². The van der Waals surface area contributed by atoms with Crippen LogP contribution in [0.2, 0.25) is 4.34 Å². The van der Waals surface area contributed by atoms with Crippen molar-refractivity contribution < 1.29 is 9.53 Å². The molecule has 0 unspecified atom stereocenters. The van der Waals surface area contributed by atoms with Crippen molar-refractivity contribution in [2.24, 2.45) is 0 Å². The smallest absolute Gasteiger partial charge is 0.310 e. The SMILES string of the molecule is COC(=O)Cc1ccsc1-c1ccc(Cl)s1. The molecule has 0 bridgehead atoms. The molecular formula is C11H9ClO2S2. The summed E-state index contributed by atoms with van der Waals surface area (Å²) in [5.74, 6) is -0.220. The number of carbonyl (C=O) groups excluding carboxylic acids is 1. The van der Waals surface area contributed by atoms with Crippen LogP contribution in [0, 0.1) is 0 Å². The zero-order valence-electron chi connectivity index (χ0n) is 8.53. The molecule has 0 saturated carbocycles. The summed E-state index contributed by atoms with van der Waals surface area (Å²) < 4.78 is 5.42. The Kier molecular flexibility index (Phi) is 3.63. The first kappa shape index (κ1) is 11.6. The number of thiophene rings is 2. The van der Waals surface area contributed by atoms with E-state index in [-0.39, 0.29) is 5.97 Å². The third kappa shape index (κ3) is 2.45. The number of hydrogen-bond acceptors (Lipinski definition) is 4. The third-order valence-corrected chi connectivity index (χ3v) is 4.47. The fourth-order valence-electron chi connectivity index (χ4n) is 1.36. The molecule has 0 aliphatic rings. The number of methoxy groups -OCH3 is 1. The van der Waals surface area contributed by atoms with Crippen LogP contribution < -0.4 is 0 Å². The molecule has 5 heteroatoms. The van der Waals surface area contributed by atoms with Gasteiger partial charge in [0.25, 0.3) is 0 Å². The zero-order chi connectivity index (χ0) is 11.5. The van der Waals surface area contributed by atoms with Gasteiger partial charge in [0.1, 0.15) is 0 Å². The molecule has 0 N–H and O–H groups in total. The first-order chi connectivity index (χ1) is 7.70. The Morgan fingerprint density at radius 1 is 1.44 bits per heavy atom. The first-order valence-electron chi connectivity index (χ1n) is 4.59. The molecule has 2 nitrogen and oxygen atoms in total. The predicted molar refractivity (Wildman–Crippen MR) is 68.4 cm³/mol. The average Bonchev–Trinajstić information content (AvgIpc) is 2.86. The minimum Gasteiger partial charge on any atom is -0.469 e. The second-order valence-corrected chi connectivity index (χ2v) is 5.76. The topological polar surface area (TPSA) is 26.3 Å². The lowest BCUT2D eigenvalue weighted by molar-refractivity contribution is -0.139. The first-order valence-corrected chi connectivity index (χ1v) is 6.67. The third-order valence-electron chi connectivity index (χ3n) is 2.11. The van der Waals surface area contributed by atoms with Gasteiger partial charge in [-0.1, -0.05) is 11.6 Å². The summed E-state index contributed by atoms with van der Waals surface area (Å²) in [6, 6.07) is 5.79. The lowest BCUT2D eigenvalue weighted by Crippen LogP contribution is -2.03. The molecule has 0 aliphatic heterocycles. The summed E-state index contributed by atoms with van der Waals surface area (Å²) in [6.07, 6.45) is 0.310. The Morgan fingerprint density at radius 3 is 2.88 bits per heavy atom. The number of ether oxygens (including phenoxy) is 1. The van der Waals surface area contributed by atoms with Gasteiger partial charge < -0.3 is 4.74 Å². The molecule has 2 aromatic rings. The van der Waals surface area contributed by atoms with Gasteiger partial charge in [0.2, 0.25) is 0 Å². The maximum atomic E-state index is 11.2. The largest absolute Gasteiger partial charge is 0.469 e. The quantitative estimate of drug-likeness (QED) is 0.794. The maximum absolute atomic E-state index is 11.2. The van der Waals surface area contributed by atoms with E-state index in [2.05, 4.69) is 4.74 Å². The molecule has 0 aliphatic carbocycles. The summed E-state index contributed by atoms with van der Waals surface area (Å²) in [5.41, 5.74) is 0.996. The molecule has 2 heterocycles. The van der Waals surface area contributed by atoms with E-state index in [1.165, 1.54) is 18.4 Å². The Balaban J connectivity index is 2.29. The van der Waals surface area contributed by atoms with Crippen LogP contribution in [0.25, 0.3) is 9.75 Å². The Bertz CT molecular complexity index is 502. The monoisotopic (exact) mass is 272 g/mol. The van der Waals surface area contributed by atoms with E-state index in [9.17, 15) is 4.79 Å². The van der Waals surface area contributed by atoms with E-state index in [0.717, 1.165) is 19.7 Å². The average molecular weight is 273 g/mol. The van der Waals surface area contributed by atoms with Gasteiger partial charge in [-0.05, 0) is 29.1 Å². The molecule has 2 aromatic heterocycles. The van der Waals surface area contributed by atoms with Gasteiger partial charge in [-0.3, -0.25) is 4.79 Å². The normalized spacial score (nSPS) is 10.4. The fraction of sp³-hybridized carbons (Fsp3) is 0.182. The van der Waals surface area contributed by atoms with Crippen molar-refractivity contribution in [3.8, 4) is 9.75 Å².